The number of oxazole rings is 1. The maximum atomic E-state index is 5.95. The molecule has 0 saturated carbocycles. The third-order valence-corrected chi connectivity index (χ3v) is 5.50. The molecule has 26 heavy (non-hydrogen) atoms. The van der Waals surface area contributed by atoms with Gasteiger partial charge in [0.2, 0.25) is 5.89 Å². The Bertz CT molecular complexity index is 872. The van der Waals surface area contributed by atoms with Crippen molar-refractivity contribution in [2.24, 2.45) is 0 Å². The third-order valence-electron chi connectivity index (χ3n) is 4.36. The Labute approximate surface area is 158 Å². The molecule has 5 nitrogen and oxygen atoms in total. The number of aromatic nitrogens is 2. The smallest absolute Gasteiger partial charge is 0.230 e. The van der Waals surface area contributed by atoms with Gasteiger partial charge in [-0.3, -0.25) is 4.90 Å². The van der Waals surface area contributed by atoms with Crippen LogP contribution in [-0.4, -0.2) is 28.5 Å². The van der Waals surface area contributed by atoms with Gasteiger partial charge in [-0.05, 0) is 46.9 Å². The van der Waals surface area contributed by atoms with Crippen molar-refractivity contribution in [2.45, 2.75) is 40.3 Å². The normalized spacial score (nSPS) is 12.5. The number of nitrogens with zero attached hydrogens (tertiary/aromatic N) is 3. The van der Waals surface area contributed by atoms with Crippen LogP contribution in [0.2, 0.25) is 0 Å². The number of aryl methyl sites for hydroxylation is 2. The van der Waals surface area contributed by atoms with Crippen molar-refractivity contribution in [1.82, 2.24) is 14.9 Å². The van der Waals surface area contributed by atoms with Crippen molar-refractivity contribution < 1.29 is 9.15 Å². The number of rotatable bonds is 7. The first-order valence-corrected chi connectivity index (χ1v) is 9.68. The van der Waals surface area contributed by atoms with Crippen molar-refractivity contribution in [2.75, 3.05) is 13.7 Å². The first kappa shape index (κ1) is 18.6. The number of para-hydroxylation sites is 1. The average molecular weight is 372 g/mol. The number of ether oxygens (including phenoxy) is 1. The molecule has 138 valence electrons. The number of thiazole rings is 1. The van der Waals surface area contributed by atoms with E-state index in [9.17, 15) is 0 Å². The van der Waals surface area contributed by atoms with Crippen LogP contribution in [0.3, 0.4) is 0 Å². The summed E-state index contributed by atoms with van der Waals surface area (Å²) in [5.41, 5.74) is 2.89. The predicted octanol–water partition coefficient (Wildman–Crippen LogP) is 5.01. The quantitative estimate of drug-likeness (QED) is 0.584. The number of benzene rings is 1. The SMILES string of the molecule is CCOc1ccccc1-c1nc(CN(C)C(C)c2nc(C)cs2)c(C)o1. The molecule has 0 saturated heterocycles. The fraction of sp³-hybridized carbons (Fsp3) is 0.400. The molecule has 2 heterocycles. The van der Waals surface area contributed by atoms with Crippen molar-refractivity contribution in [3.05, 3.63) is 51.8 Å². The van der Waals surface area contributed by atoms with E-state index in [4.69, 9.17) is 14.1 Å². The molecule has 0 fully saturated rings. The average Bonchev–Trinajstić information content (AvgIpc) is 3.21. The summed E-state index contributed by atoms with van der Waals surface area (Å²) in [4.78, 5) is 11.6. The van der Waals surface area contributed by atoms with E-state index in [2.05, 4.69) is 29.2 Å². The second-order valence-electron chi connectivity index (χ2n) is 6.37. The first-order valence-electron chi connectivity index (χ1n) is 8.80. The maximum Gasteiger partial charge on any atom is 0.230 e. The van der Waals surface area contributed by atoms with Crippen LogP contribution >= 0.6 is 11.3 Å². The summed E-state index contributed by atoms with van der Waals surface area (Å²) >= 11 is 1.70. The van der Waals surface area contributed by atoms with Gasteiger partial charge < -0.3 is 9.15 Å². The van der Waals surface area contributed by atoms with Crippen LogP contribution in [0.25, 0.3) is 11.5 Å². The first-order chi connectivity index (χ1) is 12.5. The fourth-order valence-corrected chi connectivity index (χ4v) is 3.66. The molecule has 0 amide bonds. The highest BCUT2D eigenvalue weighted by atomic mass is 32.1. The van der Waals surface area contributed by atoms with Crippen molar-refractivity contribution in [3.8, 4) is 17.2 Å². The Morgan fingerprint density at radius 3 is 2.69 bits per heavy atom. The molecule has 1 aromatic carbocycles. The molecule has 1 unspecified atom stereocenters. The molecule has 1 atom stereocenters. The van der Waals surface area contributed by atoms with Gasteiger partial charge in [0.15, 0.2) is 0 Å². The predicted molar refractivity (Wildman–Crippen MR) is 105 cm³/mol. The van der Waals surface area contributed by atoms with Gasteiger partial charge in [-0.1, -0.05) is 12.1 Å². The van der Waals surface area contributed by atoms with Gasteiger partial charge in [0.1, 0.15) is 16.5 Å². The zero-order valence-electron chi connectivity index (χ0n) is 15.9. The molecule has 0 aliphatic rings. The Hall–Kier alpha value is -2.18. The molecule has 0 spiro atoms. The zero-order valence-corrected chi connectivity index (χ0v) is 16.8. The summed E-state index contributed by atoms with van der Waals surface area (Å²) in [6, 6.07) is 8.07. The minimum Gasteiger partial charge on any atom is -0.493 e. The van der Waals surface area contributed by atoms with Crippen LogP contribution in [0, 0.1) is 13.8 Å². The summed E-state index contributed by atoms with van der Waals surface area (Å²) < 4.78 is 11.7. The number of hydrogen-bond acceptors (Lipinski definition) is 6. The van der Waals surface area contributed by atoms with Gasteiger partial charge in [-0.2, -0.15) is 0 Å². The lowest BCUT2D eigenvalue weighted by molar-refractivity contribution is 0.248. The van der Waals surface area contributed by atoms with Crippen LogP contribution in [0.4, 0.5) is 0 Å². The molecule has 6 heteroatoms. The largest absolute Gasteiger partial charge is 0.493 e. The van der Waals surface area contributed by atoms with E-state index in [0.717, 1.165) is 33.5 Å². The molecule has 0 bridgehead atoms. The van der Waals surface area contributed by atoms with E-state index >= 15 is 0 Å². The number of hydrogen-bond donors (Lipinski definition) is 0. The van der Waals surface area contributed by atoms with Gasteiger partial charge in [0.05, 0.1) is 23.9 Å². The second kappa shape index (κ2) is 8.01. The molecule has 3 aromatic rings. The lowest BCUT2D eigenvalue weighted by Gasteiger charge is -2.21. The molecule has 0 aliphatic carbocycles. The van der Waals surface area contributed by atoms with Crippen LogP contribution in [0.5, 0.6) is 5.75 Å². The van der Waals surface area contributed by atoms with Crippen LogP contribution < -0.4 is 4.74 Å². The van der Waals surface area contributed by atoms with Gasteiger partial charge >= 0.3 is 0 Å². The molecular formula is C20H25N3O2S. The van der Waals surface area contributed by atoms with Crippen LogP contribution in [0.1, 0.15) is 42.0 Å². The molecule has 3 rings (SSSR count). The van der Waals surface area contributed by atoms with E-state index in [0.29, 0.717) is 19.0 Å². The van der Waals surface area contributed by atoms with Gasteiger partial charge in [0, 0.05) is 17.6 Å². The molecule has 2 aromatic heterocycles. The zero-order chi connectivity index (χ0) is 18.7. The Morgan fingerprint density at radius 1 is 1.23 bits per heavy atom. The monoisotopic (exact) mass is 371 g/mol. The Kier molecular flexibility index (Phi) is 5.74. The lowest BCUT2D eigenvalue weighted by atomic mass is 10.2. The van der Waals surface area contributed by atoms with E-state index in [1.165, 1.54) is 0 Å². The molecule has 0 aliphatic heterocycles. The highest BCUT2D eigenvalue weighted by Gasteiger charge is 2.20. The standard InChI is InChI=1S/C20H25N3O2S/c1-6-24-18-10-8-7-9-16(18)19-22-17(15(4)25-19)11-23(5)14(3)20-21-13(2)12-26-20/h7-10,12,14H,6,11H2,1-5H3. The van der Waals surface area contributed by atoms with E-state index in [1.807, 2.05) is 45.0 Å². The molecule has 0 N–H and O–H groups in total. The van der Waals surface area contributed by atoms with E-state index in [1.54, 1.807) is 11.3 Å². The molecule has 0 radical (unpaired) electrons. The summed E-state index contributed by atoms with van der Waals surface area (Å²) in [5, 5.41) is 3.21. The Balaban J connectivity index is 1.80. The van der Waals surface area contributed by atoms with Crippen molar-refractivity contribution in [1.29, 1.82) is 0 Å². The van der Waals surface area contributed by atoms with Gasteiger partial charge in [0.25, 0.3) is 0 Å². The topological polar surface area (TPSA) is 51.4 Å². The molecular weight excluding hydrogens is 346 g/mol. The van der Waals surface area contributed by atoms with E-state index in [-0.39, 0.29) is 6.04 Å². The maximum absolute atomic E-state index is 5.95. The van der Waals surface area contributed by atoms with E-state index < -0.39 is 0 Å². The van der Waals surface area contributed by atoms with Crippen LogP contribution in [-0.2, 0) is 6.54 Å². The van der Waals surface area contributed by atoms with Gasteiger partial charge in [-0.25, -0.2) is 9.97 Å². The van der Waals surface area contributed by atoms with Crippen molar-refractivity contribution >= 4 is 11.3 Å². The Morgan fingerprint density at radius 2 is 2.00 bits per heavy atom. The summed E-state index contributed by atoms with van der Waals surface area (Å²) in [6.45, 7) is 9.43. The third kappa shape index (κ3) is 3.97. The van der Waals surface area contributed by atoms with Crippen molar-refractivity contribution in [3.63, 3.8) is 0 Å². The summed E-state index contributed by atoms with van der Waals surface area (Å²) in [7, 11) is 2.09. The summed E-state index contributed by atoms with van der Waals surface area (Å²) in [6.07, 6.45) is 0. The highest BCUT2D eigenvalue weighted by molar-refractivity contribution is 7.09. The summed E-state index contributed by atoms with van der Waals surface area (Å²) in [5.74, 6) is 2.23. The highest BCUT2D eigenvalue weighted by Crippen LogP contribution is 2.31. The van der Waals surface area contributed by atoms with Gasteiger partial charge in [-0.15, -0.1) is 11.3 Å². The lowest BCUT2D eigenvalue weighted by Crippen LogP contribution is -2.22. The minimum atomic E-state index is 0.226. The fourth-order valence-electron chi connectivity index (χ4n) is 2.74. The van der Waals surface area contributed by atoms with Crippen LogP contribution in [0.15, 0.2) is 34.1 Å². The minimum absolute atomic E-state index is 0.226. The second-order valence-corrected chi connectivity index (χ2v) is 7.26.